The number of nitrogens with zero attached hydrogens (tertiary/aromatic N) is 1. The Morgan fingerprint density at radius 1 is 0.254 bits per heavy atom. The van der Waals surface area contributed by atoms with Crippen LogP contribution in [0.2, 0.25) is 0 Å². The highest BCUT2D eigenvalue weighted by atomic mass is 32.1. The third-order valence-corrected chi connectivity index (χ3v) is 16.6. The van der Waals surface area contributed by atoms with E-state index >= 15 is 0 Å². The third-order valence-electron chi connectivity index (χ3n) is 14.3. The smallest absolute Gasteiger partial charge is 0.0555 e. The van der Waals surface area contributed by atoms with Crippen LogP contribution in [0.25, 0.3) is 118 Å². The number of thiophene rings is 2. The number of anilines is 3. The lowest BCUT2D eigenvalue weighted by Crippen LogP contribution is -2.10. The summed E-state index contributed by atoms with van der Waals surface area (Å²) < 4.78 is 5.19. The van der Waals surface area contributed by atoms with Crippen molar-refractivity contribution < 1.29 is 0 Å². The van der Waals surface area contributed by atoms with E-state index in [4.69, 9.17) is 0 Å². The zero-order valence-electron chi connectivity index (χ0n) is 38.6. The van der Waals surface area contributed by atoms with Gasteiger partial charge in [-0.25, -0.2) is 0 Å². The second-order valence-electron chi connectivity index (χ2n) is 18.4. The molecular weight excluding hydrogens is 895 g/mol. The molecule has 3 heteroatoms. The predicted octanol–water partition coefficient (Wildman–Crippen LogP) is 20.5. The van der Waals surface area contributed by atoms with E-state index in [0.717, 1.165) is 17.1 Å². The van der Waals surface area contributed by atoms with Gasteiger partial charge in [-0.1, -0.05) is 206 Å². The molecule has 0 aliphatic heterocycles. The van der Waals surface area contributed by atoms with Gasteiger partial charge >= 0.3 is 0 Å². The molecule has 332 valence electrons. The summed E-state index contributed by atoms with van der Waals surface area (Å²) in [6, 6.07) is 96.2. The fourth-order valence-electron chi connectivity index (χ4n) is 10.9. The normalized spacial score (nSPS) is 11.7. The van der Waals surface area contributed by atoms with Crippen LogP contribution in [-0.4, -0.2) is 0 Å². The van der Waals surface area contributed by atoms with E-state index in [2.05, 4.69) is 266 Å². The lowest BCUT2D eigenvalue weighted by atomic mass is 9.92. The van der Waals surface area contributed by atoms with Crippen LogP contribution in [0.4, 0.5) is 17.1 Å². The van der Waals surface area contributed by atoms with E-state index in [1.807, 2.05) is 22.7 Å². The minimum absolute atomic E-state index is 1.10. The SMILES string of the molecule is c1ccc(-c2cccc3sc4ccccc4c23)c(-c2ccc(N(c3ccc(-c4ccc(-c5ccc6ccccc6c5)cc4)cc3)c3ccc(-c4cccc5ccccc45)c4sc5ccccc5c34)cc2)c1. The van der Waals surface area contributed by atoms with E-state index < -0.39 is 0 Å². The van der Waals surface area contributed by atoms with Crippen LogP contribution in [0.5, 0.6) is 0 Å². The number of hydrogen-bond acceptors (Lipinski definition) is 3. The van der Waals surface area contributed by atoms with Crippen LogP contribution in [0.3, 0.4) is 0 Å². The molecule has 71 heavy (non-hydrogen) atoms. The first kappa shape index (κ1) is 41.4. The van der Waals surface area contributed by atoms with E-state index in [0.29, 0.717) is 0 Å². The maximum Gasteiger partial charge on any atom is 0.0555 e. The first-order valence-corrected chi connectivity index (χ1v) is 25.9. The van der Waals surface area contributed by atoms with Crippen LogP contribution in [-0.2, 0) is 0 Å². The largest absolute Gasteiger partial charge is 0.310 e. The maximum atomic E-state index is 2.47. The van der Waals surface area contributed by atoms with Crippen LogP contribution in [0.15, 0.2) is 261 Å². The average Bonchev–Trinajstić information content (AvgIpc) is 4.03. The molecule has 0 bridgehead atoms. The Bertz CT molecular complexity index is 4320. The van der Waals surface area contributed by atoms with Gasteiger partial charge < -0.3 is 4.90 Å². The van der Waals surface area contributed by atoms with Gasteiger partial charge in [0, 0.05) is 57.3 Å². The highest BCUT2D eigenvalue weighted by Crippen LogP contribution is 2.50. The molecule has 2 aromatic heterocycles. The van der Waals surface area contributed by atoms with E-state index in [9.17, 15) is 0 Å². The molecule has 0 aliphatic carbocycles. The molecule has 2 heterocycles. The molecule has 0 aliphatic rings. The molecule has 0 saturated carbocycles. The third kappa shape index (κ3) is 7.12. The predicted molar refractivity (Wildman–Crippen MR) is 309 cm³/mol. The summed E-state index contributed by atoms with van der Waals surface area (Å²) in [4.78, 5) is 2.47. The average molecular weight is 938 g/mol. The summed E-state index contributed by atoms with van der Waals surface area (Å²) in [5.74, 6) is 0. The van der Waals surface area contributed by atoms with Crippen molar-refractivity contribution in [3.05, 3.63) is 261 Å². The Morgan fingerprint density at radius 3 is 1.49 bits per heavy atom. The first-order valence-electron chi connectivity index (χ1n) is 24.2. The highest BCUT2D eigenvalue weighted by Gasteiger charge is 2.23. The molecule has 0 spiro atoms. The first-order chi connectivity index (χ1) is 35.2. The van der Waals surface area contributed by atoms with Crippen LogP contribution in [0, 0.1) is 0 Å². The van der Waals surface area contributed by atoms with E-state index in [1.165, 1.54) is 118 Å². The van der Waals surface area contributed by atoms with Crippen molar-refractivity contribution in [3.63, 3.8) is 0 Å². The Morgan fingerprint density at radius 2 is 0.746 bits per heavy atom. The Kier molecular flexibility index (Phi) is 9.97. The van der Waals surface area contributed by atoms with Crippen molar-refractivity contribution >= 4 is 102 Å². The van der Waals surface area contributed by atoms with Crippen molar-refractivity contribution in [1.82, 2.24) is 0 Å². The number of hydrogen-bond donors (Lipinski definition) is 0. The standard InChI is InChI=1S/C68H43NS2/c1-2-15-50-43-51(32-31-44(50)13-1)47-29-27-45(28-30-47)46-33-37-52(38-34-46)69(62-42-41-59(57-22-11-16-48-14-3-4-17-54(48)57)68-67(62)61-21-8-10-25-64(61)71-68)53-39-35-49(36-40-53)55-18-5-6-19-56(55)58-23-12-26-65-66(58)60-20-7-9-24-63(60)70-65/h1-43H. The van der Waals surface area contributed by atoms with Gasteiger partial charge in [-0.05, 0) is 126 Å². The van der Waals surface area contributed by atoms with Crippen LogP contribution < -0.4 is 4.90 Å². The number of rotatable bonds is 8. The van der Waals surface area contributed by atoms with Gasteiger partial charge in [0.2, 0.25) is 0 Å². The molecule has 0 saturated heterocycles. The number of fused-ring (bicyclic) bond motifs is 8. The zero-order valence-corrected chi connectivity index (χ0v) is 40.2. The second kappa shape index (κ2) is 17.1. The maximum absolute atomic E-state index is 2.47. The summed E-state index contributed by atoms with van der Waals surface area (Å²) in [6.45, 7) is 0. The van der Waals surface area contributed by atoms with Gasteiger partial charge in [0.15, 0.2) is 0 Å². The molecule has 0 N–H and O–H groups in total. The quantitative estimate of drug-likeness (QED) is 0.147. The van der Waals surface area contributed by atoms with Gasteiger partial charge in [0.25, 0.3) is 0 Å². The molecule has 1 nitrogen and oxygen atoms in total. The second-order valence-corrected chi connectivity index (χ2v) is 20.5. The number of benzene rings is 12. The van der Waals surface area contributed by atoms with Crippen molar-refractivity contribution in [2.45, 2.75) is 0 Å². The van der Waals surface area contributed by atoms with Gasteiger partial charge in [-0.2, -0.15) is 0 Å². The van der Waals surface area contributed by atoms with Crippen LogP contribution >= 0.6 is 22.7 Å². The highest BCUT2D eigenvalue weighted by molar-refractivity contribution is 7.26. The fourth-order valence-corrected chi connectivity index (χ4v) is 13.3. The Labute approximate surface area is 420 Å². The Balaban J connectivity index is 0.905. The summed E-state index contributed by atoms with van der Waals surface area (Å²) >= 11 is 3.76. The van der Waals surface area contributed by atoms with Gasteiger partial charge in [0.05, 0.1) is 5.69 Å². The minimum atomic E-state index is 1.10. The molecule has 0 unspecified atom stereocenters. The lowest BCUT2D eigenvalue weighted by Gasteiger charge is -2.27. The summed E-state index contributed by atoms with van der Waals surface area (Å²) in [5.41, 5.74) is 15.6. The minimum Gasteiger partial charge on any atom is -0.310 e. The van der Waals surface area contributed by atoms with Crippen LogP contribution in [0.1, 0.15) is 0 Å². The molecule has 14 rings (SSSR count). The monoisotopic (exact) mass is 937 g/mol. The summed E-state index contributed by atoms with van der Waals surface area (Å²) in [5, 5.41) is 10.2. The molecular formula is C68H43NS2. The van der Waals surface area contributed by atoms with Crippen molar-refractivity contribution in [2.24, 2.45) is 0 Å². The molecule has 12 aromatic carbocycles. The molecule has 0 fully saturated rings. The van der Waals surface area contributed by atoms with Crippen molar-refractivity contribution in [2.75, 3.05) is 4.90 Å². The topological polar surface area (TPSA) is 3.24 Å². The lowest BCUT2D eigenvalue weighted by molar-refractivity contribution is 1.30. The summed E-state index contributed by atoms with van der Waals surface area (Å²) in [7, 11) is 0. The fraction of sp³-hybridized carbons (Fsp3) is 0. The van der Waals surface area contributed by atoms with Gasteiger partial charge in [-0.3, -0.25) is 0 Å². The molecule has 0 radical (unpaired) electrons. The molecule has 0 atom stereocenters. The Hall–Kier alpha value is -8.60. The van der Waals surface area contributed by atoms with Gasteiger partial charge in [0.1, 0.15) is 0 Å². The van der Waals surface area contributed by atoms with Crippen molar-refractivity contribution in [3.8, 4) is 55.6 Å². The van der Waals surface area contributed by atoms with E-state index in [-0.39, 0.29) is 0 Å². The van der Waals surface area contributed by atoms with Gasteiger partial charge in [-0.15, -0.1) is 22.7 Å². The molecule has 14 aromatic rings. The summed E-state index contributed by atoms with van der Waals surface area (Å²) in [6.07, 6.45) is 0. The van der Waals surface area contributed by atoms with E-state index in [1.54, 1.807) is 0 Å². The molecule has 0 amide bonds. The van der Waals surface area contributed by atoms with Crippen molar-refractivity contribution in [1.29, 1.82) is 0 Å². The zero-order chi connectivity index (χ0) is 46.8.